The van der Waals surface area contributed by atoms with Gasteiger partial charge in [-0.3, -0.25) is 14.5 Å². The molecule has 0 aliphatic carbocycles. The molecule has 1 unspecified atom stereocenters. The first-order valence-electron chi connectivity index (χ1n) is 6.36. The zero-order valence-electron chi connectivity index (χ0n) is 11.0. The standard InChI is InChI=1S/C12H23N3O2/c1-4-15(5-2)9-8-13-10-6-7-11(16)14(3)12(10)17/h10,13H,4-9H2,1-3H3. The molecule has 1 atom stereocenters. The fourth-order valence-corrected chi connectivity index (χ4v) is 2.04. The summed E-state index contributed by atoms with van der Waals surface area (Å²) in [6.07, 6.45) is 1.09. The van der Waals surface area contributed by atoms with Crippen LogP contribution in [0.4, 0.5) is 0 Å². The number of amides is 2. The van der Waals surface area contributed by atoms with Crippen LogP contribution in [0.25, 0.3) is 0 Å². The molecule has 0 radical (unpaired) electrons. The Kier molecular flexibility index (Phi) is 5.58. The summed E-state index contributed by atoms with van der Waals surface area (Å²) in [6.45, 7) is 8.03. The molecule has 1 saturated heterocycles. The lowest BCUT2D eigenvalue weighted by Gasteiger charge is -2.29. The molecule has 1 rings (SSSR count). The van der Waals surface area contributed by atoms with Crippen molar-refractivity contribution in [3.05, 3.63) is 0 Å². The van der Waals surface area contributed by atoms with E-state index in [0.29, 0.717) is 12.8 Å². The lowest BCUT2D eigenvalue weighted by atomic mass is 10.0. The molecule has 0 aromatic heterocycles. The molecule has 0 aromatic carbocycles. The van der Waals surface area contributed by atoms with Crippen molar-refractivity contribution in [1.29, 1.82) is 0 Å². The van der Waals surface area contributed by atoms with E-state index in [1.54, 1.807) is 7.05 Å². The van der Waals surface area contributed by atoms with E-state index in [1.165, 1.54) is 4.90 Å². The average molecular weight is 241 g/mol. The number of carbonyl (C=O) groups is 2. The molecule has 1 aliphatic rings. The van der Waals surface area contributed by atoms with Gasteiger partial charge in [-0.1, -0.05) is 13.8 Å². The van der Waals surface area contributed by atoms with Crippen molar-refractivity contribution in [3.63, 3.8) is 0 Å². The van der Waals surface area contributed by atoms with Crippen molar-refractivity contribution >= 4 is 11.8 Å². The Hall–Kier alpha value is -0.940. The smallest absolute Gasteiger partial charge is 0.246 e. The third-order valence-electron chi connectivity index (χ3n) is 3.36. The maximum absolute atomic E-state index is 11.8. The van der Waals surface area contributed by atoms with Gasteiger partial charge in [0.2, 0.25) is 11.8 Å². The first-order chi connectivity index (χ1) is 8.10. The van der Waals surface area contributed by atoms with Gasteiger partial charge >= 0.3 is 0 Å². The average Bonchev–Trinajstić information content (AvgIpc) is 2.34. The number of likely N-dealkylation sites (N-methyl/N-ethyl adjacent to an activating group) is 2. The lowest BCUT2D eigenvalue weighted by Crippen LogP contribution is -2.52. The number of hydrogen-bond donors (Lipinski definition) is 1. The lowest BCUT2D eigenvalue weighted by molar-refractivity contribution is -0.148. The second-order valence-electron chi connectivity index (χ2n) is 4.36. The van der Waals surface area contributed by atoms with Gasteiger partial charge in [0.25, 0.3) is 0 Å². The molecule has 0 bridgehead atoms. The van der Waals surface area contributed by atoms with Gasteiger partial charge in [0, 0.05) is 26.6 Å². The second-order valence-corrected chi connectivity index (χ2v) is 4.36. The van der Waals surface area contributed by atoms with Crippen molar-refractivity contribution in [1.82, 2.24) is 15.1 Å². The Morgan fingerprint density at radius 2 is 2.00 bits per heavy atom. The molecular formula is C12H23N3O2. The normalized spacial score (nSPS) is 21.4. The predicted molar refractivity (Wildman–Crippen MR) is 66.6 cm³/mol. The van der Waals surface area contributed by atoms with Crippen LogP contribution in [-0.2, 0) is 9.59 Å². The number of likely N-dealkylation sites (tertiary alicyclic amines) is 1. The fraction of sp³-hybridized carbons (Fsp3) is 0.833. The Balaban J connectivity index is 2.32. The van der Waals surface area contributed by atoms with E-state index >= 15 is 0 Å². The van der Waals surface area contributed by atoms with Crippen molar-refractivity contribution in [2.24, 2.45) is 0 Å². The fourth-order valence-electron chi connectivity index (χ4n) is 2.04. The predicted octanol–water partition coefficient (Wildman–Crippen LogP) is 0.0652. The van der Waals surface area contributed by atoms with Crippen molar-refractivity contribution in [2.45, 2.75) is 32.7 Å². The molecule has 1 N–H and O–H groups in total. The highest BCUT2D eigenvalue weighted by Gasteiger charge is 2.30. The second kappa shape index (κ2) is 6.71. The number of carbonyl (C=O) groups excluding carboxylic acids is 2. The monoisotopic (exact) mass is 241 g/mol. The van der Waals surface area contributed by atoms with E-state index < -0.39 is 0 Å². The zero-order chi connectivity index (χ0) is 12.8. The first-order valence-corrected chi connectivity index (χ1v) is 6.36. The highest BCUT2D eigenvalue weighted by molar-refractivity contribution is 6.00. The van der Waals surface area contributed by atoms with Crippen molar-refractivity contribution in [2.75, 3.05) is 33.2 Å². The summed E-state index contributed by atoms with van der Waals surface area (Å²) in [5, 5.41) is 3.24. The summed E-state index contributed by atoms with van der Waals surface area (Å²) < 4.78 is 0. The number of nitrogens with zero attached hydrogens (tertiary/aromatic N) is 2. The molecule has 0 saturated carbocycles. The topological polar surface area (TPSA) is 52.7 Å². The van der Waals surface area contributed by atoms with E-state index in [9.17, 15) is 9.59 Å². The van der Waals surface area contributed by atoms with E-state index in [1.807, 2.05) is 0 Å². The Bertz CT molecular complexity index is 277. The molecular weight excluding hydrogens is 218 g/mol. The number of rotatable bonds is 6. The molecule has 1 aliphatic heterocycles. The van der Waals surface area contributed by atoms with Crippen LogP contribution in [0.1, 0.15) is 26.7 Å². The van der Waals surface area contributed by atoms with Gasteiger partial charge in [-0.25, -0.2) is 0 Å². The van der Waals surface area contributed by atoms with Gasteiger partial charge < -0.3 is 10.2 Å². The largest absolute Gasteiger partial charge is 0.305 e. The van der Waals surface area contributed by atoms with E-state index in [4.69, 9.17) is 0 Å². The molecule has 0 aromatic rings. The molecule has 1 fully saturated rings. The van der Waals surface area contributed by atoms with Crippen LogP contribution in [0.3, 0.4) is 0 Å². The summed E-state index contributed by atoms with van der Waals surface area (Å²) in [4.78, 5) is 26.6. The minimum Gasteiger partial charge on any atom is -0.305 e. The van der Waals surface area contributed by atoms with Crippen molar-refractivity contribution < 1.29 is 9.59 Å². The quantitative estimate of drug-likeness (QED) is 0.668. The van der Waals surface area contributed by atoms with Gasteiger partial charge in [-0.15, -0.1) is 0 Å². The zero-order valence-corrected chi connectivity index (χ0v) is 11.0. The number of piperidine rings is 1. The Morgan fingerprint density at radius 3 is 2.59 bits per heavy atom. The SMILES string of the molecule is CCN(CC)CCNC1CCC(=O)N(C)C1=O. The molecule has 98 valence electrons. The van der Waals surface area contributed by atoms with Crippen LogP contribution in [0.15, 0.2) is 0 Å². The van der Waals surface area contributed by atoms with Gasteiger partial charge in [-0.2, -0.15) is 0 Å². The third-order valence-corrected chi connectivity index (χ3v) is 3.36. The van der Waals surface area contributed by atoms with Gasteiger partial charge in [0.05, 0.1) is 6.04 Å². The molecule has 5 nitrogen and oxygen atoms in total. The van der Waals surface area contributed by atoms with Crippen molar-refractivity contribution in [3.8, 4) is 0 Å². The summed E-state index contributed by atoms with van der Waals surface area (Å²) >= 11 is 0. The molecule has 1 heterocycles. The highest BCUT2D eigenvalue weighted by Crippen LogP contribution is 2.10. The molecule has 5 heteroatoms. The maximum atomic E-state index is 11.8. The van der Waals surface area contributed by atoms with Gasteiger partial charge in [0.1, 0.15) is 0 Å². The number of hydrogen-bond acceptors (Lipinski definition) is 4. The minimum atomic E-state index is -0.187. The number of nitrogens with one attached hydrogen (secondary N) is 1. The van der Waals surface area contributed by atoms with Crippen LogP contribution < -0.4 is 5.32 Å². The summed E-state index contributed by atoms with van der Waals surface area (Å²) in [5.41, 5.74) is 0. The van der Waals surface area contributed by atoms with Crippen LogP contribution in [0.2, 0.25) is 0 Å². The maximum Gasteiger partial charge on any atom is 0.246 e. The highest BCUT2D eigenvalue weighted by atomic mass is 16.2. The molecule has 17 heavy (non-hydrogen) atoms. The van der Waals surface area contributed by atoms with Crippen LogP contribution >= 0.6 is 0 Å². The molecule has 2 amide bonds. The summed E-state index contributed by atoms with van der Waals surface area (Å²) in [6, 6.07) is -0.187. The van der Waals surface area contributed by atoms with Gasteiger partial charge in [-0.05, 0) is 19.5 Å². The third kappa shape index (κ3) is 3.78. The minimum absolute atomic E-state index is 0.0724. The molecule has 0 spiro atoms. The summed E-state index contributed by atoms with van der Waals surface area (Å²) in [5.74, 6) is -0.169. The Morgan fingerprint density at radius 1 is 1.35 bits per heavy atom. The van der Waals surface area contributed by atoms with Crippen LogP contribution in [0.5, 0.6) is 0 Å². The van der Waals surface area contributed by atoms with E-state index in [0.717, 1.165) is 26.2 Å². The Labute approximate surface area is 103 Å². The van der Waals surface area contributed by atoms with E-state index in [2.05, 4.69) is 24.1 Å². The van der Waals surface area contributed by atoms with Crippen LogP contribution in [-0.4, -0.2) is 60.9 Å². The number of imide groups is 1. The summed E-state index contributed by atoms with van der Waals surface area (Å²) in [7, 11) is 1.56. The first kappa shape index (κ1) is 14.1. The van der Waals surface area contributed by atoms with E-state index in [-0.39, 0.29) is 17.9 Å². The van der Waals surface area contributed by atoms with Gasteiger partial charge in [0.15, 0.2) is 0 Å². The van der Waals surface area contributed by atoms with Crippen LogP contribution in [0, 0.1) is 0 Å².